The largest absolute Gasteiger partial charge is 0.306 e. The van der Waals surface area contributed by atoms with E-state index in [0.717, 1.165) is 0 Å². The van der Waals surface area contributed by atoms with Gasteiger partial charge in [-0.3, -0.25) is 0 Å². The van der Waals surface area contributed by atoms with Gasteiger partial charge in [0, 0.05) is 0 Å². The van der Waals surface area contributed by atoms with Gasteiger partial charge in [-0.2, -0.15) is 0 Å². The molecule has 1 heterocycles. The fraction of sp³-hybridized carbons (Fsp3) is 1.00. The fourth-order valence-electron chi connectivity index (χ4n) is 3.15. The van der Waals surface area contributed by atoms with Crippen LogP contribution in [0.2, 0.25) is 18.6 Å². The molecule has 1 aliphatic rings. The second kappa shape index (κ2) is 8.31. The highest BCUT2D eigenvalue weighted by atomic mass is 28.3. The van der Waals surface area contributed by atoms with Crippen LogP contribution in [0.4, 0.5) is 0 Å². The lowest BCUT2D eigenvalue weighted by Crippen LogP contribution is -2.46. The molecule has 0 aromatic heterocycles. The van der Waals surface area contributed by atoms with Crippen LogP contribution >= 0.6 is 0 Å². The second-order valence-corrected chi connectivity index (χ2v) is 11.3. The molecule has 0 N–H and O–H groups in total. The molecule has 2 heteroatoms. The van der Waals surface area contributed by atoms with Crippen LogP contribution in [0.1, 0.15) is 58.8 Å². The van der Waals surface area contributed by atoms with Crippen LogP contribution in [0.25, 0.3) is 0 Å². The van der Waals surface area contributed by atoms with Gasteiger partial charge in [-0.05, 0) is 32.1 Å². The highest BCUT2D eigenvalue weighted by Gasteiger charge is 2.28. The van der Waals surface area contributed by atoms with Crippen LogP contribution in [0.3, 0.4) is 0 Å². The summed E-state index contributed by atoms with van der Waals surface area (Å²) in [5.41, 5.74) is 0. The summed E-state index contributed by atoms with van der Waals surface area (Å²) in [7, 11) is -0.953. The van der Waals surface area contributed by atoms with E-state index in [2.05, 4.69) is 25.3 Å². The monoisotopic (exact) mass is 255 g/mol. The van der Waals surface area contributed by atoms with Gasteiger partial charge in [0.2, 0.25) is 0 Å². The first-order valence-corrected chi connectivity index (χ1v) is 11.0. The van der Waals surface area contributed by atoms with E-state index in [-0.39, 0.29) is 0 Å². The van der Waals surface area contributed by atoms with E-state index >= 15 is 0 Å². The Labute approximate surface area is 110 Å². The molecule has 1 aliphatic heterocycles. The predicted molar refractivity (Wildman–Crippen MR) is 81.3 cm³/mol. The van der Waals surface area contributed by atoms with Crippen LogP contribution in [0.15, 0.2) is 0 Å². The van der Waals surface area contributed by atoms with Crippen molar-refractivity contribution in [2.75, 3.05) is 19.3 Å². The van der Waals surface area contributed by atoms with Crippen LogP contribution < -0.4 is 0 Å². The fourth-order valence-corrected chi connectivity index (χ4v) is 7.52. The zero-order valence-electron chi connectivity index (χ0n) is 12.4. The van der Waals surface area contributed by atoms with E-state index in [1.165, 1.54) is 64.2 Å². The first-order valence-electron chi connectivity index (χ1n) is 7.92. The molecule has 0 aromatic carbocycles. The van der Waals surface area contributed by atoms with Gasteiger partial charge in [0.1, 0.15) is 0 Å². The highest BCUT2D eigenvalue weighted by Crippen LogP contribution is 2.24. The highest BCUT2D eigenvalue weighted by molar-refractivity contribution is 6.78. The van der Waals surface area contributed by atoms with Crippen LogP contribution in [0.5, 0.6) is 0 Å². The lowest BCUT2D eigenvalue weighted by atomic mass is 10.1. The minimum absolute atomic E-state index is 0.953. The summed E-state index contributed by atoms with van der Waals surface area (Å²) in [4.78, 5) is 2.79. The van der Waals surface area contributed by atoms with Gasteiger partial charge in [-0.15, -0.1) is 0 Å². The normalized spacial score (nSPS) is 18.5. The van der Waals surface area contributed by atoms with Crippen LogP contribution in [0, 0.1) is 0 Å². The summed E-state index contributed by atoms with van der Waals surface area (Å²) in [6, 6.07) is 3.14. The van der Waals surface area contributed by atoms with Gasteiger partial charge < -0.3 is 4.90 Å². The molecule has 1 rings (SSSR count). The quantitative estimate of drug-likeness (QED) is 0.569. The van der Waals surface area contributed by atoms with E-state index in [4.69, 9.17) is 0 Å². The molecule has 0 amide bonds. The molecule has 0 saturated carbocycles. The average Bonchev–Trinajstić information content (AvgIpc) is 2.35. The van der Waals surface area contributed by atoms with E-state index in [9.17, 15) is 0 Å². The van der Waals surface area contributed by atoms with Crippen LogP contribution in [-0.4, -0.2) is 32.2 Å². The van der Waals surface area contributed by atoms with Crippen molar-refractivity contribution in [1.82, 2.24) is 4.90 Å². The maximum absolute atomic E-state index is 2.79. The Morgan fingerprint density at radius 2 is 1.41 bits per heavy atom. The summed E-state index contributed by atoms with van der Waals surface area (Å²) in [6.07, 6.45) is 11.6. The number of likely N-dealkylation sites (tertiary alicyclic amines) is 1. The van der Waals surface area contributed by atoms with E-state index in [1.807, 2.05) is 0 Å². The topological polar surface area (TPSA) is 3.24 Å². The Morgan fingerprint density at radius 1 is 0.882 bits per heavy atom. The Balaban J connectivity index is 2.42. The zero-order chi connectivity index (χ0) is 12.6. The van der Waals surface area contributed by atoms with Crippen molar-refractivity contribution in [3.8, 4) is 0 Å². The van der Waals surface area contributed by atoms with E-state index < -0.39 is 8.07 Å². The Morgan fingerprint density at radius 3 is 1.88 bits per heavy atom. The first kappa shape index (κ1) is 15.2. The molecular weight excluding hydrogens is 222 g/mol. The van der Waals surface area contributed by atoms with Crippen molar-refractivity contribution < 1.29 is 0 Å². The average molecular weight is 256 g/mol. The minimum atomic E-state index is -0.953. The summed E-state index contributed by atoms with van der Waals surface area (Å²) >= 11 is 0. The van der Waals surface area contributed by atoms with E-state index in [0.29, 0.717) is 0 Å². The lowest BCUT2D eigenvalue weighted by Gasteiger charge is -2.36. The maximum atomic E-state index is 2.79. The molecule has 0 radical (unpaired) electrons. The molecule has 0 aliphatic carbocycles. The van der Waals surface area contributed by atoms with Gasteiger partial charge in [-0.25, -0.2) is 0 Å². The molecule has 0 unspecified atom stereocenters. The van der Waals surface area contributed by atoms with Gasteiger partial charge in [0.15, 0.2) is 0 Å². The molecule has 102 valence electrons. The Hall–Kier alpha value is 0.177. The van der Waals surface area contributed by atoms with Crippen molar-refractivity contribution in [2.45, 2.75) is 77.4 Å². The van der Waals surface area contributed by atoms with Crippen LogP contribution in [-0.2, 0) is 0 Å². The summed E-state index contributed by atoms with van der Waals surface area (Å²) in [5.74, 6) is 0. The Kier molecular flexibility index (Phi) is 7.45. The maximum Gasteiger partial charge on any atom is 0.0660 e. The summed E-state index contributed by atoms with van der Waals surface area (Å²) < 4.78 is 0. The third kappa shape index (κ3) is 6.05. The predicted octanol–water partition coefficient (Wildman–Crippen LogP) is 4.69. The smallest absolute Gasteiger partial charge is 0.0660 e. The third-order valence-corrected chi connectivity index (χ3v) is 8.65. The Bertz CT molecular complexity index is 179. The molecule has 1 fully saturated rings. The van der Waals surface area contributed by atoms with Crippen molar-refractivity contribution in [2.24, 2.45) is 0 Å². The van der Waals surface area contributed by atoms with Gasteiger partial charge in [0.25, 0.3) is 0 Å². The number of piperidine rings is 1. The zero-order valence-corrected chi connectivity index (χ0v) is 13.4. The molecule has 17 heavy (non-hydrogen) atoms. The van der Waals surface area contributed by atoms with Crippen molar-refractivity contribution in [3.05, 3.63) is 0 Å². The number of rotatable bonds is 8. The molecule has 1 nitrogen and oxygen atoms in total. The number of hydrogen-bond donors (Lipinski definition) is 0. The molecular formula is C15H33NSi. The number of nitrogens with zero attached hydrogens (tertiary/aromatic N) is 1. The van der Waals surface area contributed by atoms with Gasteiger partial charge in [0.05, 0.1) is 8.07 Å². The summed E-state index contributed by atoms with van der Waals surface area (Å²) in [6.45, 7) is 10.1. The standard InChI is InChI=1S/C15H33NSi/c1-4-6-13-17(3,14-7-5-2)15-16-11-9-8-10-12-16/h4-15H2,1-3H3. The summed E-state index contributed by atoms with van der Waals surface area (Å²) in [5, 5.41) is 0. The second-order valence-electron chi connectivity index (χ2n) is 6.35. The molecule has 1 saturated heterocycles. The van der Waals surface area contributed by atoms with Crippen molar-refractivity contribution in [3.63, 3.8) is 0 Å². The van der Waals surface area contributed by atoms with Gasteiger partial charge >= 0.3 is 0 Å². The van der Waals surface area contributed by atoms with Crippen molar-refractivity contribution >= 4 is 8.07 Å². The first-order chi connectivity index (χ1) is 8.20. The minimum Gasteiger partial charge on any atom is -0.306 e. The van der Waals surface area contributed by atoms with Gasteiger partial charge in [-0.1, -0.05) is 64.6 Å². The molecule has 0 aromatic rings. The number of hydrogen-bond acceptors (Lipinski definition) is 1. The third-order valence-electron chi connectivity index (χ3n) is 4.32. The molecule has 0 bridgehead atoms. The SMILES string of the molecule is CCCC[Si](C)(CCCC)CN1CCCCC1. The molecule has 0 spiro atoms. The van der Waals surface area contributed by atoms with Crippen molar-refractivity contribution in [1.29, 1.82) is 0 Å². The molecule has 0 atom stereocenters. The number of unbranched alkanes of at least 4 members (excludes halogenated alkanes) is 2. The van der Waals surface area contributed by atoms with E-state index in [1.54, 1.807) is 12.1 Å². The lowest BCUT2D eigenvalue weighted by molar-refractivity contribution is 0.258.